The number of aryl methyl sites for hydroxylation is 1. The van der Waals surface area contributed by atoms with Crippen molar-refractivity contribution in [1.29, 1.82) is 0 Å². The third-order valence-corrected chi connectivity index (χ3v) is 3.02. The zero-order chi connectivity index (χ0) is 13.8. The van der Waals surface area contributed by atoms with Crippen molar-refractivity contribution in [3.63, 3.8) is 0 Å². The lowest BCUT2D eigenvalue weighted by atomic mass is 10.1. The van der Waals surface area contributed by atoms with Crippen molar-refractivity contribution in [2.24, 2.45) is 0 Å². The number of phenolic OH excluding ortho intramolecular Hbond substituents is 1. The van der Waals surface area contributed by atoms with E-state index in [1.54, 1.807) is 30.5 Å². The predicted molar refractivity (Wildman–Crippen MR) is 74.1 cm³/mol. The Hall–Kier alpha value is -2.36. The maximum absolute atomic E-state index is 12.0. The average Bonchev–Trinajstić information content (AvgIpc) is 2.77. The molecule has 4 nitrogen and oxygen atoms in total. The highest BCUT2D eigenvalue weighted by molar-refractivity contribution is 6.08. The number of hydrogen-bond acceptors (Lipinski definition) is 3. The summed E-state index contributed by atoms with van der Waals surface area (Å²) in [6.45, 7) is 4.77. The van der Waals surface area contributed by atoms with Gasteiger partial charge >= 0.3 is 0 Å². The number of para-hydroxylation sites is 1. The van der Waals surface area contributed by atoms with Gasteiger partial charge in [-0.25, -0.2) is 0 Å². The van der Waals surface area contributed by atoms with E-state index in [2.05, 4.69) is 5.10 Å². The molecule has 1 aromatic carbocycles. The van der Waals surface area contributed by atoms with E-state index in [4.69, 9.17) is 0 Å². The summed E-state index contributed by atoms with van der Waals surface area (Å²) < 4.78 is 1.87. The molecule has 2 rings (SSSR count). The molecule has 1 aromatic heterocycles. The van der Waals surface area contributed by atoms with Gasteiger partial charge in [-0.1, -0.05) is 12.1 Å². The van der Waals surface area contributed by atoms with Crippen LogP contribution in [0.5, 0.6) is 5.75 Å². The van der Waals surface area contributed by atoms with Crippen molar-refractivity contribution < 1.29 is 9.90 Å². The van der Waals surface area contributed by atoms with Crippen LogP contribution in [0.4, 0.5) is 0 Å². The van der Waals surface area contributed by atoms with Crippen molar-refractivity contribution in [3.05, 3.63) is 53.4 Å². The lowest BCUT2D eigenvalue weighted by molar-refractivity contribution is 0.104. The Kier molecular flexibility index (Phi) is 3.80. The maximum atomic E-state index is 12.0. The monoisotopic (exact) mass is 256 g/mol. The van der Waals surface area contributed by atoms with E-state index in [1.807, 2.05) is 18.5 Å². The fourth-order valence-electron chi connectivity index (χ4n) is 1.88. The van der Waals surface area contributed by atoms with E-state index in [9.17, 15) is 9.90 Å². The van der Waals surface area contributed by atoms with E-state index in [0.717, 1.165) is 17.8 Å². The van der Waals surface area contributed by atoms with Crippen LogP contribution in [0.3, 0.4) is 0 Å². The third-order valence-electron chi connectivity index (χ3n) is 3.02. The molecule has 0 aliphatic rings. The highest BCUT2D eigenvalue weighted by Crippen LogP contribution is 2.17. The van der Waals surface area contributed by atoms with E-state index in [-0.39, 0.29) is 11.5 Å². The number of carbonyl (C=O) groups is 1. The number of rotatable bonds is 4. The number of ketones is 1. The summed E-state index contributed by atoms with van der Waals surface area (Å²) in [7, 11) is 0. The van der Waals surface area contributed by atoms with Gasteiger partial charge in [0, 0.05) is 17.8 Å². The van der Waals surface area contributed by atoms with E-state index in [0.29, 0.717) is 5.56 Å². The number of aromatic hydroxyl groups is 1. The summed E-state index contributed by atoms with van der Waals surface area (Å²) in [5, 5.41) is 13.8. The van der Waals surface area contributed by atoms with Gasteiger partial charge in [0.1, 0.15) is 5.75 Å². The normalized spacial score (nSPS) is 11.1. The van der Waals surface area contributed by atoms with Gasteiger partial charge in [-0.15, -0.1) is 0 Å². The lowest BCUT2D eigenvalue weighted by Gasteiger charge is -2.00. The van der Waals surface area contributed by atoms with Crippen LogP contribution in [0.15, 0.2) is 36.5 Å². The van der Waals surface area contributed by atoms with Crippen molar-refractivity contribution in [1.82, 2.24) is 9.78 Å². The fourth-order valence-corrected chi connectivity index (χ4v) is 1.88. The molecule has 2 aromatic rings. The Balaban J connectivity index is 2.21. The van der Waals surface area contributed by atoms with Crippen molar-refractivity contribution in [2.45, 2.75) is 20.4 Å². The number of hydrogen-bond donors (Lipinski definition) is 1. The highest BCUT2D eigenvalue weighted by Gasteiger charge is 2.07. The molecule has 1 N–H and O–H groups in total. The number of benzene rings is 1. The molecular weight excluding hydrogens is 240 g/mol. The summed E-state index contributed by atoms with van der Waals surface area (Å²) >= 11 is 0. The summed E-state index contributed by atoms with van der Waals surface area (Å²) in [5.74, 6) is -0.222. The summed E-state index contributed by atoms with van der Waals surface area (Å²) in [6.07, 6.45) is 4.91. The van der Waals surface area contributed by atoms with Crippen LogP contribution in [0.1, 0.15) is 28.5 Å². The van der Waals surface area contributed by atoms with Gasteiger partial charge in [-0.05, 0) is 38.1 Å². The Morgan fingerprint density at radius 1 is 1.42 bits per heavy atom. The third kappa shape index (κ3) is 2.73. The van der Waals surface area contributed by atoms with Crippen molar-refractivity contribution in [3.8, 4) is 5.75 Å². The molecule has 1 heterocycles. The second kappa shape index (κ2) is 5.52. The Bertz CT molecular complexity index is 627. The number of phenols is 1. The Labute approximate surface area is 112 Å². The van der Waals surface area contributed by atoms with Gasteiger partial charge in [-0.2, -0.15) is 5.10 Å². The first-order valence-corrected chi connectivity index (χ1v) is 6.16. The smallest absolute Gasteiger partial charge is 0.189 e. The highest BCUT2D eigenvalue weighted by atomic mass is 16.3. The maximum Gasteiger partial charge on any atom is 0.189 e. The first kappa shape index (κ1) is 13.1. The zero-order valence-corrected chi connectivity index (χ0v) is 11.0. The second-order valence-corrected chi connectivity index (χ2v) is 4.22. The van der Waals surface area contributed by atoms with Gasteiger partial charge in [0.15, 0.2) is 5.78 Å². The Morgan fingerprint density at radius 2 is 2.16 bits per heavy atom. The zero-order valence-electron chi connectivity index (χ0n) is 11.0. The number of aromatic nitrogens is 2. The molecule has 19 heavy (non-hydrogen) atoms. The molecule has 0 spiro atoms. The minimum absolute atomic E-state index is 0.00174. The lowest BCUT2D eigenvalue weighted by Crippen LogP contribution is -1.98. The molecule has 0 radical (unpaired) electrons. The first-order valence-electron chi connectivity index (χ1n) is 6.16. The molecule has 0 amide bonds. The topological polar surface area (TPSA) is 55.1 Å². The van der Waals surface area contributed by atoms with Gasteiger partial charge in [0.25, 0.3) is 0 Å². The van der Waals surface area contributed by atoms with Crippen LogP contribution in [-0.4, -0.2) is 20.7 Å². The van der Waals surface area contributed by atoms with Crippen LogP contribution < -0.4 is 0 Å². The molecular formula is C15H16N2O2. The fraction of sp³-hybridized carbons (Fsp3) is 0.200. The van der Waals surface area contributed by atoms with Crippen LogP contribution in [0.2, 0.25) is 0 Å². The minimum Gasteiger partial charge on any atom is -0.507 e. The SMILES string of the molecule is CCn1ncc(/C=C/C(=O)c2ccccc2O)c1C. The van der Waals surface area contributed by atoms with E-state index in [1.165, 1.54) is 12.1 Å². The largest absolute Gasteiger partial charge is 0.507 e. The van der Waals surface area contributed by atoms with Gasteiger partial charge in [-0.3, -0.25) is 9.48 Å². The average molecular weight is 256 g/mol. The van der Waals surface area contributed by atoms with Crippen LogP contribution >= 0.6 is 0 Å². The van der Waals surface area contributed by atoms with Crippen molar-refractivity contribution in [2.75, 3.05) is 0 Å². The van der Waals surface area contributed by atoms with Crippen molar-refractivity contribution >= 4 is 11.9 Å². The molecule has 0 saturated heterocycles. The van der Waals surface area contributed by atoms with Crippen LogP contribution in [0.25, 0.3) is 6.08 Å². The van der Waals surface area contributed by atoms with E-state index < -0.39 is 0 Å². The summed E-state index contributed by atoms with van der Waals surface area (Å²) in [5.41, 5.74) is 2.23. The predicted octanol–water partition coefficient (Wildman–Crippen LogP) is 2.81. The van der Waals surface area contributed by atoms with Gasteiger partial charge in [0.05, 0.1) is 11.8 Å². The molecule has 0 aliphatic carbocycles. The molecule has 0 saturated carbocycles. The van der Waals surface area contributed by atoms with Crippen LogP contribution in [-0.2, 0) is 6.54 Å². The molecule has 0 bridgehead atoms. The quantitative estimate of drug-likeness (QED) is 0.676. The van der Waals surface area contributed by atoms with Crippen LogP contribution in [0, 0.1) is 6.92 Å². The molecule has 0 fully saturated rings. The summed E-state index contributed by atoms with van der Waals surface area (Å²) in [4.78, 5) is 12.0. The first-order chi connectivity index (χ1) is 9.13. The molecule has 0 atom stereocenters. The van der Waals surface area contributed by atoms with Gasteiger partial charge < -0.3 is 5.11 Å². The molecule has 98 valence electrons. The number of nitrogens with zero attached hydrogens (tertiary/aromatic N) is 2. The molecule has 0 aliphatic heterocycles. The second-order valence-electron chi connectivity index (χ2n) is 4.22. The number of carbonyl (C=O) groups excluding carboxylic acids is 1. The van der Waals surface area contributed by atoms with E-state index >= 15 is 0 Å². The summed E-state index contributed by atoms with van der Waals surface area (Å²) in [6, 6.07) is 6.51. The standard InChI is InChI=1S/C15H16N2O2/c1-3-17-11(2)12(10-16-17)8-9-15(19)13-6-4-5-7-14(13)18/h4-10,18H,3H2,1-2H3/b9-8+. The Morgan fingerprint density at radius 3 is 2.79 bits per heavy atom. The molecule has 0 unspecified atom stereocenters. The molecule has 4 heteroatoms. The minimum atomic E-state index is -0.221. The number of allylic oxidation sites excluding steroid dienone is 1. The van der Waals surface area contributed by atoms with Gasteiger partial charge in [0.2, 0.25) is 0 Å².